The molecular formula is C9H6F2N2O3. The van der Waals surface area contributed by atoms with Crippen molar-refractivity contribution in [3.63, 3.8) is 0 Å². The third-order valence-electron chi connectivity index (χ3n) is 1.86. The molecule has 1 rings (SSSR count). The molecule has 16 heavy (non-hydrogen) atoms. The van der Waals surface area contributed by atoms with Crippen LogP contribution < -0.4 is 5.56 Å². The zero-order valence-corrected chi connectivity index (χ0v) is 8.08. The highest BCUT2D eigenvalue weighted by Gasteiger charge is 2.24. The molecule has 0 fully saturated rings. The number of nitrogens with one attached hydrogen (secondary N) is 1. The number of rotatable bonds is 2. The van der Waals surface area contributed by atoms with E-state index < -0.39 is 34.6 Å². The van der Waals surface area contributed by atoms with Crippen LogP contribution in [0.25, 0.3) is 0 Å². The van der Waals surface area contributed by atoms with Crippen LogP contribution in [0.1, 0.15) is 27.9 Å². The molecule has 0 unspecified atom stereocenters. The van der Waals surface area contributed by atoms with Crippen molar-refractivity contribution in [1.29, 1.82) is 5.26 Å². The van der Waals surface area contributed by atoms with Crippen LogP contribution in [0, 0.1) is 11.3 Å². The maximum Gasteiger partial charge on any atom is 0.339 e. The molecule has 1 heterocycles. The molecule has 0 bridgehead atoms. The molecule has 0 aliphatic carbocycles. The van der Waals surface area contributed by atoms with E-state index in [9.17, 15) is 18.4 Å². The lowest BCUT2D eigenvalue weighted by atomic mass is 10.1. The number of ether oxygens (including phenoxy) is 1. The van der Waals surface area contributed by atoms with Gasteiger partial charge in [0.05, 0.1) is 12.7 Å². The monoisotopic (exact) mass is 228 g/mol. The first-order chi connectivity index (χ1) is 7.52. The molecule has 0 saturated heterocycles. The predicted molar refractivity (Wildman–Crippen MR) is 48.1 cm³/mol. The van der Waals surface area contributed by atoms with Gasteiger partial charge in [-0.25, -0.2) is 13.6 Å². The van der Waals surface area contributed by atoms with E-state index in [2.05, 4.69) is 4.74 Å². The molecule has 0 aliphatic rings. The van der Waals surface area contributed by atoms with Crippen LogP contribution in [-0.4, -0.2) is 18.1 Å². The Morgan fingerprint density at radius 2 is 2.25 bits per heavy atom. The Hall–Kier alpha value is -2.23. The maximum atomic E-state index is 12.5. The lowest BCUT2D eigenvalue weighted by molar-refractivity contribution is 0.0588. The number of aromatic nitrogens is 1. The summed E-state index contributed by atoms with van der Waals surface area (Å²) in [4.78, 5) is 24.3. The third kappa shape index (κ3) is 1.91. The number of carbonyl (C=O) groups excluding carboxylic acids is 1. The van der Waals surface area contributed by atoms with Gasteiger partial charge >= 0.3 is 5.97 Å². The molecule has 7 heteroatoms. The van der Waals surface area contributed by atoms with Gasteiger partial charge in [-0.15, -0.1) is 0 Å². The topological polar surface area (TPSA) is 83.0 Å². The quantitative estimate of drug-likeness (QED) is 0.764. The SMILES string of the molecule is COC(=O)c1c(C(F)F)c[nH]c(=O)c1C#N. The van der Waals surface area contributed by atoms with Crippen molar-refractivity contribution >= 4 is 5.97 Å². The summed E-state index contributed by atoms with van der Waals surface area (Å²) in [6.45, 7) is 0. The first-order valence-corrected chi connectivity index (χ1v) is 4.05. The van der Waals surface area contributed by atoms with E-state index in [1.165, 1.54) is 6.07 Å². The highest BCUT2D eigenvalue weighted by Crippen LogP contribution is 2.23. The molecule has 0 aliphatic heterocycles. The number of nitriles is 1. The third-order valence-corrected chi connectivity index (χ3v) is 1.86. The summed E-state index contributed by atoms with van der Waals surface area (Å²) in [6, 6.07) is 1.40. The van der Waals surface area contributed by atoms with Crippen LogP contribution in [0.5, 0.6) is 0 Å². The number of H-pyrrole nitrogens is 1. The largest absolute Gasteiger partial charge is 0.465 e. The molecule has 1 aromatic rings. The van der Waals surface area contributed by atoms with E-state index in [0.717, 1.165) is 7.11 Å². The van der Waals surface area contributed by atoms with Gasteiger partial charge in [0, 0.05) is 11.8 Å². The number of methoxy groups -OCH3 is 1. The first-order valence-electron chi connectivity index (χ1n) is 4.05. The molecule has 0 aromatic carbocycles. The molecule has 0 spiro atoms. The average Bonchev–Trinajstić information content (AvgIpc) is 2.27. The summed E-state index contributed by atoms with van der Waals surface area (Å²) >= 11 is 0. The van der Waals surface area contributed by atoms with Gasteiger partial charge in [-0.05, 0) is 0 Å². The van der Waals surface area contributed by atoms with Crippen LogP contribution in [-0.2, 0) is 4.74 Å². The number of pyridine rings is 1. The molecule has 5 nitrogen and oxygen atoms in total. The zero-order chi connectivity index (χ0) is 12.3. The molecule has 0 radical (unpaired) electrons. The second-order valence-electron chi connectivity index (χ2n) is 2.73. The standard InChI is InChI=1S/C9H6F2N2O3/c1-16-9(15)6-4(2-12)8(14)13-3-5(6)7(10)11/h3,7H,1H3,(H,13,14). The zero-order valence-electron chi connectivity index (χ0n) is 8.08. The Morgan fingerprint density at radius 3 is 2.69 bits per heavy atom. The molecule has 1 N–H and O–H groups in total. The van der Waals surface area contributed by atoms with Gasteiger partial charge in [-0.3, -0.25) is 4.79 Å². The number of aromatic amines is 1. The average molecular weight is 228 g/mol. The highest BCUT2D eigenvalue weighted by atomic mass is 19.3. The second kappa shape index (κ2) is 4.53. The van der Waals surface area contributed by atoms with Crippen LogP contribution in [0.15, 0.2) is 11.0 Å². The lowest BCUT2D eigenvalue weighted by Gasteiger charge is -2.07. The van der Waals surface area contributed by atoms with Gasteiger partial charge in [0.2, 0.25) is 0 Å². The Bertz CT molecular complexity index is 516. The van der Waals surface area contributed by atoms with E-state index in [-0.39, 0.29) is 0 Å². The molecule has 0 amide bonds. The minimum absolute atomic E-state index is 0.676. The van der Waals surface area contributed by atoms with Crippen LogP contribution in [0.3, 0.4) is 0 Å². The van der Waals surface area contributed by atoms with Crippen molar-refractivity contribution in [1.82, 2.24) is 4.98 Å². The van der Waals surface area contributed by atoms with Gasteiger partial charge < -0.3 is 9.72 Å². The molecule has 0 saturated carbocycles. The van der Waals surface area contributed by atoms with Gasteiger partial charge in [-0.1, -0.05) is 0 Å². The van der Waals surface area contributed by atoms with Gasteiger partial charge in [0.15, 0.2) is 0 Å². The smallest absolute Gasteiger partial charge is 0.339 e. The Labute approximate surface area is 88.3 Å². The van der Waals surface area contributed by atoms with Crippen molar-refractivity contribution in [3.8, 4) is 6.07 Å². The van der Waals surface area contributed by atoms with Gasteiger partial charge in [0.25, 0.3) is 12.0 Å². The summed E-state index contributed by atoms with van der Waals surface area (Å²) in [5.74, 6) is -1.14. The fraction of sp³-hybridized carbons (Fsp3) is 0.222. The summed E-state index contributed by atoms with van der Waals surface area (Å²) in [6.07, 6.45) is -2.29. The van der Waals surface area contributed by atoms with E-state index in [1.54, 1.807) is 0 Å². The lowest BCUT2D eigenvalue weighted by Crippen LogP contribution is -2.19. The number of nitrogens with zero attached hydrogens (tertiary/aromatic N) is 1. The number of carbonyl (C=O) groups is 1. The fourth-order valence-electron chi connectivity index (χ4n) is 1.15. The van der Waals surface area contributed by atoms with Crippen molar-refractivity contribution < 1.29 is 18.3 Å². The van der Waals surface area contributed by atoms with Gasteiger partial charge in [0.1, 0.15) is 11.6 Å². The first kappa shape index (κ1) is 11.8. The van der Waals surface area contributed by atoms with Crippen LogP contribution in [0.4, 0.5) is 8.78 Å². The van der Waals surface area contributed by atoms with Crippen molar-refractivity contribution in [2.24, 2.45) is 0 Å². The summed E-state index contributed by atoms with van der Waals surface area (Å²) in [5.41, 5.74) is -3.01. The number of hydrogen-bond acceptors (Lipinski definition) is 4. The minimum Gasteiger partial charge on any atom is -0.465 e. The molecule has 1 aromatic heterocycles. The number of esters is 1. The number of halogens is 2. The Kier molecular flexibility index (Phi) is 3.35. The second-order valence-corrected chi connectivity index (χ2v) is 2.73. The van der Waals surface area contributed by atoms with Crippen molar-refractivity contribution in [2.45, 2.75) is 6.43 Å². The van der Waals surface area contributed by atoms with Crippen molar-refractivity contribution in [3.05, 3.63) is 33.2 Å². The summed E-state index contributed by atoms with van der Waals surface area (Å²) in [7, 11) is 0.972. The Balaban J connectivity index is 3.62. The fourth-order valence-corrected chi connectivity index (χ4v) is 1.15. The van der Waals surface area contributed by atoms with Gasteiger partial charge in [-0.2, -0.15) is 5.26 Å². The van der Waals surface area contributed by atoms with E-state index in [4.69, 9.17) is 5.26 Å². The Morgan fingerprint density at radius 1 is 1.62 bits per heavy atom. The van der Waals surface area contributed by atoms with E-state index in [1.807, 2.05) is 4.98 Å². The number of hydrogen-bond donors (Lipinski definition) is 1. The highest BCUT2D eigenvalue weighted by molar-refractivity contribution is 5.93. The summed E-state index contributed by atoms with van der Waals surface area (Å²) in [5, 5.41) is 8.63. The minimum atomic E-state index is -2.99. The number of alkyl halides is 2. The van der Waals surface area contributed by atoms with Crippen LogP contribution >= 0.6 is 0 Å². The van der Waals surface area contributed by atoms with Crippen molar-refractivity contribution in [2.75, 3.05) is 7.11 Å². The molecule has 84 valence electrons. The summed E-state index contributed by atoms with van der Waals surface area (Å²) < 4.78 is 29.3. The molecular weight excluding hydrogens is 222 g/mol. The van der Waals surface area contributed by atoms with Crippen LogP contribution in [0.2, 0.25) is 0 Å². The molecule has 0 atom stereocenters. The van der Waals surface area contributed by atoms with E-state index in [0.29, 0.717) is 6.20 Å². The maximum absolute atomic E-state index is 12.5. The normalized spacial score (nSPS) is 9.94. The van der Waals surface area contributed by atoms with E-state index >= 15 is 0 Å². The predicted octanol–water partition coefficient (Wildman–Crippen LogP) is 0.971.